The normalized spacial score (nSPS) is 20.0. The monoisotopic (exact) mass is 340 g/mol. The van der Waals surface area contributed by atoms with E-state index < -0.39 is 17.6 Å². The lowest BCUT2D eigenvalue weighted by Gasteiger charge is -2.17. The standard InChI is InChI=1S/C20H21FN2O2/c1-12-7-9-14(10-8-12)15-11-23(3)20(25)17(15)19(24)22-16-6-4-5-13(2)18(16)21/h4-10,15,17H,11H2,1-3H3,(H,22,24). The van der Waals surface area contributed by atoms with Crippen LogP contribution in [-0.4, -0.2) is 30.3 Å². The summed E-state index contributed by atoms with van der Waals surface area (Å²) in [5.41, 5.74) is 2.61. The van der Waals surface area contributed by atoms with E-state index >= 15 is 0 Å². The molecule has 1 saturated heterocycles. The van der Waals surface area contributed by atoms with Crippen molar-refractivity contribution in [2.75, 3.05) is 18.9 Å². The number of amides is 2. The third kappa shape index (κ3) is 3.27. The fourth-order valence-corrected chi connectivity index (χ4v) is 3.26. The summed E-state index contributed by atoms with van der Waals surface area (Å²) in [5.74, 6) is -2.28. The van der Waals surface area contributed by atoms with Crippen molar-refractivity contribution >= 4 is 17.5 Å². The molecule has 0 bridgehead atoms. The molecule has 1 aliphatic rings. The predicted octanol–water partition coefficient (Wildman–Crippen LogP) is 3.25. The fraction of sp³-hybridized carbons (Fsp3) is 0.300. The van der Waals surface area contributed by atoms with Crippen LogP contribution in [0.4, 0.5) is 10.1 Å². The Labute approximate surface area is 146 Å². The lowest BCUT2D eigenvalue weighted by molar-refractivity contribution is -0.135. The average Bonchev–Trinajstić information content (AvgIpc) is 2.88. The first-order valence-corrected chi connectivity index (χ1v) is 8.26. The molecule has 25 heavy (non-hydrogen) atoms. The summed E-state index contributed by atoms with van der Waals surface area (Å²) >= 11 is 0. The number of likely N-dealkylation sites (tertiary alicyclic amines) is 1. The van der Waals surface area contributed by atoms with Crippen molar-refractivity contribution in [2.45, 2.75) is 19.8 Å². The number of nitrogens with one attached hydrogen (secondary N) is 1. The van der Waals surface area contributed by atoms with Gasteiger partial charge in [0, 0.05) is 19.5 Å². The number of rotatable bonds is 3. The SMILES string of the molecule is Cc1ccc(C2CN(C)C(=O)C2C(=O)Nc2cccc(C)c2F)cc1. The van der Waals surface area contributed by atoms with Gasteiger partial charge in [-0.3, -0.25) is 9.59 Å². The molecule has 0 saturated carbocycles. The minimum absolute atomic E-state index is 0.106. The van der Waals surface area contributed by atoms with E-state index in [0.29, 0.717) is 12.1 Å². The van der Waals surface area contributed by atoms with Crippen LogP contribution >= 0.6 is 0 Å². The molecule has 1 heterocycles. The second-order valence-electron chi connectivity index (χ2n) is 6.64. The molecule has 0 aromatic heterocycles. The van der Waals surface area contributed by atoms with Gasteiger partial charge in [-0.2, -0.15) is 0 Å². The number of aryl methyl sites for hydroxylation is 2. The minimum atomic E-state index is -0.854. The van der Waals surface area contributed by atoms with Gasteiger partial charge in [0.15, 0.2) is 0 Å². The van der Waals surface area contributed by atoms with E-state index in [9.17, 15) is 14.0 Å². The highest BCUT2D eigenvalue weighted by Crippen LogP contribution is 2.34. The molecular formula is C20H21FN2O2. The molecule has 2 aromatic rings. The Morgan fingerprint density at radius 1 is 1.16 bits per heavy atom. The van der Waals surface area contributed by atoms with Crippen LogP contribution in [0.2, 0.25) is 0 Å². The number of anilines is 1. The molecule has 130 valence electrons. The molecular weight excluding hydrogens is 319 g/mol. The summed E-state index contributed by atoms with van der Waals surface area (Å²) in [6.07, 6.45) is 0. The highest BCUT2D eigenvalue weighted by Gasteiger charge is 2.44. The zero-order chi connectivity index (χ0) is 18.1. The van der Waals surface area contributed by atoms with E-state index in [-0.39, 0.29) is 17.5 Å². The van der Waals surface area contributed by atoms with Gasteiger partial charge in [0.25, 0.3) is 0 Å². The number of carbonyl (C=O) groups excluding carboxylic acids is 2. The van der Waals surface area contributed by atoms with E-state index in [2.05, 4.69) is 5.32 Å². The molecule has 0 spiro atoms. The van der Waals surface area contributed by atoms with E-state index in [1.54, 1.807) is 31.0 Å². The third-order valence-corrected chi connectivity index (χ3v) is 4.75. The van der Waals surface area contributed by atoms with Gasteiger partial charge in [-0.25, -0.2) is 4.39 Å². The van der Waals surface area contributed by atoms with Gasteiger partial charge in [0.2, 0.25) is 11.8 Å². The van der Waals surface area contributed by atoms with Crippen LogP contribution in [0.1, 0.15) is 22.6 Å². The quantitative estimate of drug-likeness (QED) is 0.872. The van der Waals surface area contributed by atoms with Crippen LogP contribution in [0.3, 0.4) is 0 Å². The van der Waals surface area contributed by atoms with Crippen LogP contribution in [0.5, 0.6) is 0 Å². The first kappa shape index (κ1) is 17.1. The molecule has 1 fully saturated rings. The van der Waals surface area contributed by atoms with E-state index in [1.165, 1.54) is 6.07 Å². The molecule has 2 unspecified atom stereocenters. The number of halogens is 1. The second kappa shape index (κ2) is 6.67. The van der Waals surface area contributed by atoms with Crippen molar-refractivity contribution in [1.82, 2.24) is 4.90 Å². The molecule has 1 N–H and O–H groups in total. The lowest BCUT2D eigenvalue weighted by Crippen LogP contribution is -2.33. The minimum Gasteiger partial charge on any atom is -0.344 e. The highest BCUT2D eigenvalue weighted by atomic mass is 19.1. The largest absolute Gasteiger partial charge is 0.344 e. The number of benzene rings is 2. The molecule has 0 radical (unpaired) electrons. The molecule has 2 aromatic carbocycles. The maximum Gasteiger partial charge on any atom is 0.237 e. The summed E-state index contributed by atoms with van der Waals surface area (Å²) in [7, 11) is 1.68. The van der Waals surface area contributed by atoms with Gasteiger partial charge in [0.1, 0.15) is 11.7 Å². The van der Waals surface area contributed by atoms with Crippen molar-refractivity contribution in [3.63, 3.8) is 0 Å². The Kier molecular flexibility index (Phi) is 4.57. The maximum atomic E-state index is 14.2. The zero-order valence-corrected chi connectivity index (χ0v) is 14.5. The third-order valence-electron chi connectivity index (χ3n) is 4.75. The van der Waals surface area contributed by atoms with E-state index in [4.69, 9.17) is 0 Å². The Hall–Kier alpha value is -2.69. The fourth-order valence-electron chi connectivity index (χ4n) is 3.26. The highest BCUT2D eigenvalue weighted by molar-refractivity contribution is 6.08. The van der Waals surface area contributed by atoms with Crippen LogP contribution in [0, 0.1) is 25.6 Å². The zero-order valence-electron chi connectivity index (χ0n) is 14.5. The molecule has 3 rings (SSSR count). The Bertz CT molecular complexity index is 817. The van der Waals surface area contributed by atoms with Gasteiger partial charge in [-0.1, -0.05) is 42.0 Å². The van der Waals surface area contributed by atoms with Gasteiger partial charge >= 0.3 is 0 Å². The average molecular weight is 340 g/mol. The van der Waals surface area contributed by atoms with Crippen LogP contribution in [0.25, 0.3) is 0 Å². The molecule has 2 atom stereocenters. The Morgan fingerprint density at radius 2 is 1.84 bits per heavy atom. The number of likely N-dealkylation sites (N-methyl/N-ethyl adjacent to an activating group) is 1. The summed E-state index contributed by atoms with van der Waals surface area (Å²) in [6, 6.07) is 12.6. The lowest BCUT2D eigenvalue weighted by atomic mass is 9.87. The Balaban J connectivity index is 1.89. The summed E-state index contributed by atoms with van der Waals surface area (Å²) in [5, 5.41) is 2.59. The van der Waals surface area contributed by atoms with E-state index in [0.717, 1.165) is 11.1 Å². The summed E-state index contributed by atoms with van der Waals surface area (Å²) in [4.78, 5) is 26.8. The topological polar surface area (TPSA) is 49.4 Å². The molecule has 1 aliphatic heterocycles. The molecule has 0 aliphatic carbocycles. The van der Waals surface area contributed by atoms with Crippen molar-refractivity contribution < 1.29 is 14.0 Å². The second-order valence-corrected chi connectivity index (χ2v) is 6.64. The van der Waals surface area contributed by atoms with Crippen molar-refractivity contribution in [1.29, 1.82) is 0 Å². The number of hydrogen-bond acceptors (Lipinski definition) is 2. The number of nitrogens with zero attached hydrogens (tertiary/aromatic N) is 1. The van der Waals surface area contributed by atoms with Gasteiger partial charge < -0.3 is 10.2 Å². The van der Waals surface area contributed by atoms with Gasteiger partial charge in [-0.05, 0) is 31.0 Å². The molecule has 4 nitrogen and oxygen atoms in total. The van der Waals surface area contributed by atoms with Crippen molar-refractivity contribution in [2.24, 2.45) is 5.92 Å². The first-order valence-electron chi connectivity index (χ1n) is 8.26. The van der Waals surface area contributed by atoms with Crippen LogP contribution in [0.15, 0.2) is 42.5 Å². The number of hydrogen-bond donors (Lipinski definition) is 1. The van der Waals surface area contributed by atoms with Crippen molar-refractivity contribution in [3.05, 3.63) is 65.0 Å². The van der Waals surface area contributed by atoms with Crippen LogP contribution < -0.4 is 5.32 Å². The Morgan fingerprint density at radius 3 is 2.52 bits per heavy atom. The van der Waals surface area contributed by atoms with Gasteiger partial charge in [-0.15, -0.1) is 0 Å². The first-order chi connectivity index (χ1) is 11.9. The summed E-state index contributed by atoms with van der Waals surface area (Å²) in [6.45, 7) is 4.09. The number of carbonyl (C=O) groups is 2. The molecule has 5 heteroatoms. The summed E-state index contributed by atoms with van der Waals surface area (Å²) < 4.78 is 14.2. The maximum absolute atomic E-state index is 14.2. The smallest absolute Gasteiger partial charge is 0.237 e. The van der Waals surface area contributed by atoms with E-state index in [1.807, 2.05) is 31.2 Å². The predicted molar refractivity (Wildman–Crippen MR) is 94.8 cm³/mol. The van der Waals surface area contributed by atoms with Crippen LogP contribution in [-0.2, 0) is 9.59 Å². The molecule has 2 amide bonds. The van der Waals surface area contributed by atoms with Crippen molar-refractivity contribution in [3.8, 4) is 0 Å². The van der Waals surface area contributed by atoms with Gasteiger partial charge in [0.05, 0.1) is 5.69 Å².